The Hall–Kier alpha value is -1.13. The van der Waals surface area contributed by atoms with Gasteiger partial charge in [-0.15, -0.1) is 11.6 Å². The molecule has 0 bridgehead atoms. The summed E-state index contributed by atoms with van der Waals surface area (Å²) in [6, 6.07) is 2.09. The lowest BCUT2D eigenvalue weighted by Crippen LogP contribution is -2.21. The van der Waals surface area contributed by atoms with Gasteiger partial charge in [-0.1, -0.05) is 0 Å². The van der Waals surface area contributed by atoms with Crippen LogP contribution in [0.25, 0.3) is 11.2 Å². The molecule has 3 rings (SSSR count). The Bertz CT molecular complexity index is 605. The molecule has 3 heterocycles. The van der Waals surface area contributed by atoms with Crippen molar-refractivity contribution in [3.05, 3.63) is 23.7 Å². The molecule has 0 aliphatic carbocycles. The number of nitrogens with zero attached hydrogens (tertiary/aromatic N) is 3. The highest BCUT2D eigenvalue weighted by Crippen LogP contribution is 2.20. The van der Waals surface area contributed by atoms with E-state index in [1.54, 1.807) is 0 Å². The molecule has 1 atom stereocenters. The molecule has 2 aromatic rings. The van der Waals surface area contributed by atoms with Crippen molar-refractivity contribution in [1.29, 1.82) is 0 Å². The fraction of sp³-hybridized carbons (Fsp3) is 0.625. The van der Waals surface area contributed by atoms with Gasteiger partial charge in [0.25, 0.3) is 0 Å². The van der Waals surface area contributed by atoms with E-state index in [2.05, 4.69) is 15.6 Å². The van der Waals surface area contributed by atoms with Crippen LogP contribution in [-0.4, -0.2) is 33.1 Å². The molecule has 0 amide bonds. The third-order valence-corrected chi connectivity index (χ3v) is 4.26. The summed E-state index contributed by atoms with van der Waals surface area (Å²) in [5, 5.41) is 0. The normalized spacial score (nSPS) is 19.2. The largest absolute Gasteiger partial charge is 0.378 e. The molecule has 0 spiro atoms. The van der Waals surface area contributed by atoms with Gasteiger partial charge in [0.15, 0.2) is 5.65 Å². The van der Waals surface area contributed by atoms with Crippen LogP contribution in [0.2, 0.25) is 0 Å². The third-order valence-electron chi connectivity index (χ3n) is 4.07. The van der Waals surface area contributed by atoms with Crippen molar-refractivity contribution >= 4 is 22.8 Å². The van der Waals surface area contributed by atoms with Gasteiger partial charge in [0, 0.05) is 31.6 Å². The van der Waals surface area contributed by atoms with Gasteiger partial charge in [0.05, 0.1) is 6.10 Å². The highest BCUT2D eigenvalue weighted by molar-refractivity contribution is 6.17. The fourth-order valence-corrected chi connectivity index (χ4v) is 3.15. The molecular weight excluding hydrogens is 286 g/mol. The highest BCUT2D eigenvalue weighted by Gasteiger charge is 2.17. The van der Waals surface area contributed by atoms with E-state index in [4.69, 9.17) is 21.3 Å². The van der Waals surface area contributed by atoms with Gasteiger partial charge < -0.3 is 9.30 Å². The molecule has 1 aliphatic heterocycles. The van der Waals surface area contributed by atoms with Gasteiger partial charge in [-0.25, -0.2) is 9.97 Å². The lowest BCUT2D eigenvalue weighted by Gasteiger charge is -2.23. The summed E-state index contributed by atoms with van der Waals surface area (Å²) in [5.74, 6) is 1.62. The summed E-state index contributed by atoms with van der Waals surface area (Å²) in [6.07, 6.45) is 7.74. The standard InChI is InChI=1S/C16H22ClN3O/c1-12-10-14-16(18-11-12)20(15(19-14)5-7-17)8-6-13-4-2-3-9-21-13/h10-11,13H,2-9H2,1H3. The smallest absolute Gasteiger partial charge is 0.160 e. The summed E-state index contributed by atoms with van der Waals surface area (Å²) in [4.78, 5) is 9.27. The predicted octanol–water partition coefficient (Wildman–Crippen LogP) is 3.48. The average molecular weight is 308 g/mol. The first-order chi connectivity index (χ1) is 10.3. The van der Waals surface area contributed by atoms with E-state index < -0.39 is 0 Å². The van der Waals surface area contributed by atoms with Gasteiger partial charge in [-0.3, -0.25) is 0 Å². The molecule has 0 radical (unpaired) electrons. The summed E-state index contributed by atoms with van der Waals surface area (Å²) in [7, 11) is 0. The van der Waals surface area contributed by atoms with Gasteiger partial charge in [0.1, 0.15) is 11.3 Å². The molecule has 1 unspecified atom stereocenters. The zero-order valence-electron chi connectivity index (χ0n) is 12.5. The molecule has 21 heavy (non-hydrogen) atoms. The molecule has 1 aliphatic rings. The Balaban J connectivity index is 1.82. The van der Waals surface area contributed by atoms with Gasteiger partial charge in [0.2, 0.25) is 0 Å². The van der Waals surface area contributed by atoms with Gasteiger partial charge in [-0.05, 0) is 44.2 Å². The Kier molecular flexibility index (Phi) is 4.76. The number of alkyl halides is 1. The molecule has 114 valence electrons. The van der Waals surface area contributed by atoms with Crippen molar-refractivity contribution in [3.63, 3.8) is 0 Å². The minimum atomic E-state index is 0.380. The number of aromatic nitrogens is 3. The molecule has 1 saturated heterocycles. The van der Waals surface area contributed by atoms with Crippen LogP contribution in [0, 0.1) is 6.92 Å². The van der Waals surface area contributed by atoms with E-state index in [0.29, 0.717) is 12.0 Å². The number of halogens is 1. The molecule has 5 heteroatoms. The highest BCUT2D eigenvalue weighted by atomic mass is 35.5. The lowest BCUT2D eigenvalue weighted by atomic mass is 10.1. The zero-order valence-corrected chi connectivity index (χ0v) is 13.3. The summed E-state index contributed by atoms with van der Waals surface area (Å²) in [6.45, 7) is 3.85. The molecule has 2 aromatic heterocycles. The SMILES string of the molecule is Cc1cnc2c(c1)nc(CCCl)n2CCC1CCCCO1. The summed E-state index contributed by atoms with van der Waals surface area (Å²) < 4.78 is 8.04. The van der Waals surface area contributed by atoms with Crippen molar-refractivity contribution in [2.24, 2.45) is 0 Å². The maximum atomic E-state index is 5.92. The van der Waals surface area contributed by atoms with Crippen LogP contribution in [0.15, 0.2) is 12.3 Å². The Labute approximate surface area is 130 Å². The second-order valence-corrected chi connectivity index (χ2v) is 6.13. The number of ether oxygens (including phenoxy) is 1. The Morgan fingerprint density at radius 3 is 3.10 bits per heavy atom. The van der Waals surface area contributed by atoms with Crippen LogP contribution >= 0.6 is 11.6 Å². The molecule has 1 fully saturated rings. The van der Waals surface area contributed by atoms with Crippen molar-refractivity contribution < 1.29 is 4.74 Å². The molecule has 0 saturated carbocycles. The van der Waals surface area contributed by atoms with E-state index in [1.165, 1.54) is 19.3 Å². The molecule has 4 nitrogen and oxygen atoms in total. The number of hydrogen-bond acceptors (Lipinski definition) is 3. The number of imidazole rings is 1. The quantitative estimate of drug-likeness (QED) is 0.794. The van der Waals surface area contributed by atoms with Crippen LogP contribution in [0.3, 0.4) is 0 Å². The topological polar surface area (TPSA) is 39.9 Å². The van der Waals surface area contributed by atoms with Crippen LogP contribution < -0.4 is 0 Å². The minimum Gasteiger partial charge on any atom is -0.378 e. The first-order valence-electron chi connectivity index (χ1n) is 7.77. The second kappa shape index (κ2) is 6.75. The minimum absolute atomic E-state index is 0.380. The van der Waals surface area contributed by atoms with Crippen LogP contribution in [0.4, 0.5) is 0 Å². The van der Waals surface area contributed by atoms with E-state index in [-0.39, 0.29) is 0 Å². The molecular formula is C16H22ClN3O. The monoisotopic (exact) mass is 307 g/mol. The van der Waals surface area contributed by atoms with Crippen molar-refractivity contribution in [2.75, 3.05) is 12.5 Å². The second-order valence-electron chi connectivity index (χ2n) is 5.75. The van der Waals surface area contributed by atoms with Crippen LogP contribution in [0.1, 0.15) is 37.1 Å². The first-order valence-corrected chi connectivity index (χ1v) is 8.30. The van der Waals surface area contributed by atoms with Gasteiger partial charge in [-0.2, -0.15) is 0 Å². The number of pyridine rings is 1. The predicted molar refractivity (Wildman–Crippen MR) is 84.9 cm³/mol. The summed E-state index contributed by atoms with van der Waals surface area (Å²) >= 11 is 5.92. The Morgan fingerprint density at radius 2 is 2.33 bits per heavy atom. The average Bonchev–Trinajstić information content (AvgIpc) is 2.83. The summed E-state index contributed by atoms with van der Waals surface area (Å²) in [5.41, 5.74) is 3.08. The maximum absolute atomic E-state index is 5.92. The fourth-order valence-electron chi connectivity index (χ4n) is 2.98. The van der Waals surface area contributed by atoms with Gasteiger partial charge >= 0.3 is 0 Å². The van der Waals surface area contributed by atoms with E-state index >= 15 is 0 Å². The zero-order chi connectivity index (χ0) is 14.7. The molecule has 0 aromatic carbocycles. The van der Waals surface area contributed by atoms with Crippen molar-refractivity contribution in [1.82, 2.24) is 14.5 Å². The number of aryl methyl sites for hydroxylation is 3. The van der Waals surface area contributed by atoms with Crippen LogP contribution in [0.5, 0.6) is 0 Å². The number of hydrogen-bond donors (Lipinski definition) is 0. The van der Waals surface area contributed by atoms with Crippen LogP contribution in [-0.2, 0) is 17.7 Å². The lowest BCUT2D eigenvalue weighted by molar-refractivity contribution is 0.00885. The third kappa shape index (κ3) is 3.38. The van der Waals surface area contributed by atoms with E-state index in [0.717, 1.165) is 48.5 Å². The molecule has 0 N–H and O–H groups in total. The number of fused-ring (bicyclic) bond motifs is 1. The first kappa shape index (κ1) is 14.8. The maximum Gasteiger partial charge on any atom is 0.160 e. The van der Waals surface area contributed by atoms with E-state index in [1.807, 2.05) is 13.1 Å². The van der Waals surface area contributed by atoms with Crippen molar-refractivity contribution in [3.8, 4) is 0 Å². The Morgan fingerprint density at radius 1 is 1.43 bits per heavy atom. The van der Waals surface area contributed by atoms with Crippen molar-refractivity contribution in [2.45, 2.75) is 51.7 Å². The van der Waals surface area contributed by atoms with E-state index in [9.17, 15) is 0 Å². The number of rotatable bonds is 5.